The van der Waals surface area contributed by atoms with Gasteiger partial charge in [-0.2, -0.15) is 0 Å². The summed E-state index contributed by atoms with van der Waals surface area (Å²) >= 11 is 0. The van der Waals surface area contributed by atoms with Gasteiger partial charge in [0.2, 0.25) is 0 Å². The number of hydrogen-bond acceptors (Lipinski definition) is 3. The zero-order chi connectivity index (χ0) is 12.4. The first-order chi connectivity index (χ1) is 8.09. The van der Waals surface area contributed by atoms with Gasteiger partial charge in [-0.1, -0.05) is 19.9 Å². The number of nitrogens with two attached hydrogens (primary N) is 1. The number of nitrogen functional groups attached to an aromatic ring is 1. The SMILES string of the molecule is CC(C)Cn1cnnc1-c1cccc(F)c1N. The van der Waals surface area contributed by atoms with Crippen molar-refractivity contribution in [3.05, 3.63) is 30.3 Å². The maximum Gasteiger partial charge on any atom is 0.165 e. The van der Waals surface area contributed by atoms with Crippen LogP contribution in [0.25, 0.3) is 11.4 Å². The molecule has 0 bridgehead atoms. The molecule has 4 nitrogen and oxygen atoms in total. The van der Waals surface area contributed by atoms with Gasteiger partial charge in [-0.25, -0.2) is 4.39 Å². The van der Waals surface area contributed by atoms with Gasteiger partial charge in [0.05, 0.1) is 5.69 Å². The Bertz CT molecular complexity index is 519. The highest BCUT2D eigenvalue weighted by molar-refractivity contribution is 5.71. The monoisotopic (exact) mass is 234 g/mol. The first-order valence-electron chi connectivity index (χ1n) is 5.51. The molecule has 0 spiro atoms. The fourth-order valence-electron chi connectivity index (χ4n) is 1.72. The van der Waals surface area contributed by atoms with Crippen LogP contribution >= 0.6 is 0 Å². The molecule has 0 radical (unpaired) electrons. The van der Waals surface area contributed by atoms with Crippen LogP contribution in [0.4, 0.5) is 10.1 Å². The summed E-state index contributed by atoms with van der Waals surface area (Å²) in [5.74, 6) is 0.636. The highest BCUT2D eigenvalue weighted by Crippen LogP contribution is 2.26. The minimum Gasteiger partial charge on any atom is -0.396 e. The summed E-state index contributed by atoms with van der Waals surface area (Å²) in [7, 11) is 0. The van der Waals surface area contributed by atoms with Gasteiger partial charge in [-0.05, 0) is 18.1 Å². The van der Waals surface area contributed by atoms with E-state index in [1.54, 1.807) is 18.5 Å². The van der Waals surface area contributed by atoms with E-state index in [9.17, 15) is 4.39 Å². The third-order valence-corrected chi connectivity index (χ3v) is 2.47. The standard InChI is InChI=1S/C12H15FN4/c1-8(2)6-17-7-15-16-12(17)9-4-3-5-10(13)11(9)14/h3-5,7-8H,6,14H2,1-2H3. The number of benzene rings is 1. The molecular formula is C12H15FN4. The molecule has 2 aromatic rings. The van der Waals surface area contributed by atoms with Crippen molar-refractivity contribution in [3.8, 4) is 11.4 Å². The van der Waals surface area contributed by atoms with Crippen LogP contribution in [0.5, 0.6) is 0 Å². The first kappa shape index (κ1) is 11.6. The maximum atomic E-state index is 13.4. The predicted octanol–water partition coefficient (Wildman–Crippen LogP) is 2.32. The van der Waals surface area contributed by atoms with E-state index in [1.165, 1.54) is 6.07 Å². The van der Waals surface area contributed by atoms with Crippen molar-refractivity contribution in [2.45, 2.75) is 20.4 Å². The van der Waals surface area contributed by atoms with E-state index in [1.807, 2.05) is 4.57 Å². The van der Waals surface area contributed by atoms with Crippen molar-refractivity contribution in [1.82, 2.24) is 14.8 Å². The second-order valence-electron chi connectivity index (χ2n) is 4.40. The molecule has 2 N–H and O–H groups in total. The second kappa shape index (κ2) is 4.53. The Morgan fingerprint density at radius 3 is 2.88 bits per heavy atom. The summed E-state index contributed by atoms with van der Waals surface area (Å²) in [5.41, 5.74) is 6.42. The fourth-order valence-corrected chi connectivity index (χ4v) is 1.72. The van der Waals surface area contributed by atoms with Gasteiger partial charge in [0.1, 0.15) is 12.1 Å². The molecule has 17 heavy (non-hydrogen) atoms. The second-order valence-corrected chi connectivity index (χ2v) is 4.40. The summed E-state index contributed by atoms with van der Waals surface area (Å²) in [4.78, 5) is 0. The minimum absolute atomic E-state index is 0.116. The van der Waals surface area contributed by atoms with Gasteiger partial charge in [-0.3, -0.25) is 0 Å². The lowest BCUT2D eigenvalue weighted by molar-refractivity contribution is 0.525. The number of hydrogen-bond donors (Lipinski definition) is 1. The summed E-state index contributed by atoms with van der Waals surface area (Å²) in [5, 5.41) is 7.87. The van der Waals surface area contributed by atoms with Crippen molar-refractivity contribution in [1.29, 1.82) is 0 Å². The number of nitrogens with zero attached hydrogens (tertiary/aromatic N) is 3. The van der Waals surface area contributed by atoms with Crippen molar-refractivity contribution >= 4 is 5.69 Å². The van der Waals surface area contributed by atoms with Gasteiger partial charge in [-0.15, -0.1) is 10.2 Å². The van der Waals surface area contributed by atoms with Crippen LogP contribution in [-0.4, -0.2) is 14.8 Å². The summed E-state index contributed by atoms with van der Waals surface area (Å²) < 4.78 is 15.3. The Morgan fingerprint density at radius 1 is 1.41 bits per heavy atom. The van der Waals surface area contributed by atoms with Crippen molar-refractivity contribution in [2.75, 3.05) is 5.73 Å². The zero-order valence-electron chi connectivity index (χ0n) is 9.89. The third-order valence-electron chi connectivity index (χ3n) is 2.47. The van der Waals surface area contributed by atoms with Crippen LogP contribution in [0, 0.1) is 11.7 Å². The molecule has 2 rings (SSSR count). The molecule has 5 heteroatoms. The van der Waals surface area contributed by atoms with Gasteiger partial charge in [0, 0.05) is 12.1 Å². The molecule has 1 aromatic heterocycles. The molecule has 0 fully saturated rings. The third kappa shape index (κ3) is 2.27. The van der Waals surface area contributed by atoms with E-state index in [0.717, 1.165) is 6.54 Å². The largest absolute Gasteiger partial charge is 0.396 e. The van der Waals surface area contributed by atoms with Gasteiger partial charge >= 0.3 is 0 Å². The van der Waals surface area contributed by atoms with E-state index in [4.69, 9.17) is 5.73 Å². The Balaban J connectivity index is 2.46. The first-order valence-corrected chi connectivity index (χ1v) is 5.51. The van der Waals surface area contributed by atoms with Crippen LogP contribution < -0.4 is 5.73 Å². The van der Waals surface area contributed by atoms with E-state index in [-0.39, 0.29) is 5.69 Å². The number of rotatable bonds is 3. The number of para-hydroxylation sites is 1. The van der Waals surface area contributed by atoms with Crippen molar-refractivity contribution < 1.29 is 4.39 Å². The molecule has 1 aromatic carbocycles. The maximum absolute atomic E-state index is 13.4. The molecule has 0 amide bonds. The highest BCUT2D eigenvalue weighted by Gasteiger charge is 2.13. The topological polar surface area (TPSA) is 56.7 Å². The van der Waals surface area contributed by atoms with Crippen LogP contribution in [0.15, 0.2) is 24.5 Å². The average Bonchev–Trinajstić information content (AvgIpc) is 2.69. The van der Waals surface area contributed by atoms with Crippen LogP contribution in [0.1, 0.15) is 13.8 Å². The Labute approximate surface area is 99.3 Å². The van der Waals surface area contributed by atoms with Crippen molar-refractivity contribution in [2.24, 2.45) is 5.92 Å². The number of aromatic nitrogens is 3. The fraction of sp³-hybridized carbons (Fsp3) is 0.333. The molecule has 0 atom stereocenters. The molecule has 0 aliphatic heterocycles. The summed E-state index contributed by atoms with van der Waals surface area (Å²) in [6, 6.07) is 4.71. The van der Waals surface area contributed by atoms with Crippen LogP contribution in [0.2, 0.25) is 0 Å². The smallest absolute Gasteiger partial charge is 0.165 e. The Morgan fingerprint density at radius 2 is 2.18 bits per heavy atom. The Kier molecular flexibility index (Phi) is 3.08. The van der Waals surface area contributed by atoms with Gasteiger partial charge < -0.3 is 10.3 Å². The zero-order valence-corrected chi connectivity index (χ0v) is 9.89. The molecule has 0 aliphatic rings. The predicted molar refractivity (Wildman–Crippen MR) is 64.7 cm³/mol. The lowest BCUT2D eigenvalue weighted by Crippen LogP contribution is -2.06. The molecule has 90 valence electrons. The molecule has 0 saturated heterocycles. The number of halogens is 1. The normalized spacial score (nSPS) is 11.1. The van der Waals surface area contributed by atoms with Crippen LogP contribution in [-0.2, 0) is 6.54 Å². The van der Waals surface area contributed by atoms with E-state index >= 15 is 0 Å². The van der Waals surface area contributed by atoms with Gasteiger partial charge in [0.15, 0.2) is 5.82 Å². The van der Waals surface area contributed by atoms with Gasteiger partial charge in [0.25, 0.3) is 0 Å². The number of anilines is 1. The Hall–Kier alpha value is -1.91. The van der Waals surface area contributed by atoms with E-state index in [0.29, 0.717) is 17.3 Å². The molecular weight excluding hydrogens is 219 g/mol. The average molecular weight is 234 g/mol. The molecule has 1 heterocycles. The molecule has 0 saturated carbocycles. The lowest BCUT2D eigenvalue weighted by Gasteiger charge is -2.10. The van der Waals surface area contributed by atoms with Crippen LogP contribution in [0.3, 0.4) is 0 Å². The minimum atomic E-state index is -0.429. The van der Waals surface area contributed by atoms with Crippen molar-refractivity contribution in [3.63, 3.8) is 0 Å². The highest BCUT2D eigenvalue weighted by atomic mass is 19.1. The molecule has 0 unspecified atom stereocenters. The quantitative estimate of drug-likeness (QED) is 0.829. The molecule has 0 aliphatic carbocycles. The van der Waals surface area contributed by atoms with E-state index < -0.39 is 5.82 Å². The van der Waals surface area contributed by atoms with E-state index in [2.05, 4.69) is 24.0 Å². The summed E-state index contributed by atoms with van der Waals surface area (Å²) in [6.45, 7) is 4.97. The summed E-state index contributed by atoms with van der Waals surface area (Å²) in [6.07, 6.45) is 1.64. The lowest BCUT2D eigenvalue weighted by atomic mass is 10.1.